The maximum absolute atomic E-state index is 11.6. The molecule has 0 aliphatic carbocycles. The van der Waals surface area contributed by atoms with Crippen molar-refractivity contribution in [2.45, 2.75) is 12.8 Å². The number of hydrogen-bond acceptors (Lipinski definition) is 6. The third kappa shape index (κ3) is 4.77. The van der Waals surface area contributed by atoms with Gasteiger partial charge in [0, 0.05) is 31.4 Å². The predicted molar refractivity (Wildman–Crippen MR) is 120 cm³/mol. The normalized spacial score (nSPS) is 15.9. The number of para-hydroxylation sites is 1. The van der Waals surface area contributed by atoms with E-state index >= 15 is 0 Å². The fourth-order valence-electron chi connectivity index (χ4n) is 3.85. The molecule has 4 N–H and O–H groups in total. The summed E-state index contributed by atoms with van der Waals surface area (Å²) in [4.78, 5) is 28.8. The number of carbonyl (C=O) groups excluding carboxylic acids is 1. The Balaban J connectivity index is 1.33. The van der Waals surface area contributed by atoms with E-state index < -0.39 is 5.91 Å². The Kier molecular flexibility index (Phi) is 6.25. The highest BCUT2D eigenvalue weighted by Gasteiger charge is 2.13. The summed E-state index contributed by atoms with van der Waals surface area (Å²) >= 11 is 0. The first-order chi connectivity index (χ1) is 14.6. The van der Waals surface area contributed by atoms with Crippen LogP contribution in [0.1, 0.15) is 23.2 Å². The monoisotopic (exact) mass is 407 g/mol. The third-order valence-corrected chi connectivity index (χ3v) is 5.58. The first-order valence-electron chi connectivity index (χ1n) is 10.5. The van der Waals surface area contributed by atoms with E-state index in [-0.39, 0.29) is 0 Å². The van der Waals surface area contributed by atoms with E-state index in [2.05, 4.69) is 37.1 Å². The molecule has 1 aromatic carbocycles. The number of fused-ring (bicyclic) bond motifs is 1. The molecule has 30 heavy (non-hydrogen) atoms. The summed E-state index contributed by atoms with van der Waals surface area (Å²) in [5.74, 6) is 1.04. The molecule has 1 aliphatic rings. The lowest BCUT2D eigenvalue weighted by Crippen LogP contribution is -2.30. The van der Waals surface area contributed by atoms with E-state index in [9.17, 15) is 4.79 Å². The summed E-state index contributed by atoms with van der Waals surface area (Å²) in [5.41, 5.74) is 8.09. The minimum Gasteiger partial charge on any atom is -0.370 e. The Morgan fingerprint density at radius 2 is 2.10 bits per heavy atom. The molecule has 3 heterocycles. The molecule has 158 valence electrons. The summed E-state index contributed by atoms with van der Waals surface area (Å²) < 4.78 is 0. The van der Waals surface area contributed by atoms with Gasteiger partial charge in [0.1, 0.15) is 17.2 Å². The molecule has 0 spiro atoms. The van der Waals surface area contributed by atoms with E-state index in [0.717, 1.165) is 49.5 Å². The van der Waals surface area contributed by atoms with E-state index in [1.807, 2.05) is 18.2 Å². The second-order valence-corrected chi connectivity index (χ2v) is 7.86. The lowest BCUT2D eigenvalue weighted by Gasteiger charge is -2.20. The van der Waals surface area contributed by atoms with Crippen molar-refractivity contribution in [2.24, 2.45) is 5.73 Å². The van der Waals surface area contributed by atoms with Crippen LogP contribution in [0.5, 0.6) is 0 Å². The number of nitrogens with zero attached hydrogens (tertiary/aromatic N) is 4. The maximum Gasteiger partial charge on any atom is 0.250 e. The van der Waals surface area contributed by atoms with E-state index in [0.29, 0.717) is 16.9 Å². The van der Waals surface area contributed by atoms with Gasteiger partial charge in [-0.05, 0) is 63.8 Å². The number of carbonyl (C=O) groups is 1. The average molecular weight is 408 g/mol. The Bertz CT molecular complexity index is 998. The van der Waals surface area contributed by atoms with Gasteiger partial charge in [0.05, 0.1) is 11.1 Å². The smallest absolute Gasteiger partial charge is 0.250 e. The highest BCUT2D eigenvalue weighted by Crippen LogP contribution is 2.23. The third-order valence-electron chi connectivity index (χ3n) is 5.58. The van der Waals surface area contributed by atoms with Crippen molar-refractivity contribution in [2.75, 3.05) is 51.6 Å². The van der Waals surface area contributed by atoms with E-state index in [4.69, 9.17) is 5.73 Å². The largest absolute Gasteiger partial charge is 0.370 e. The van der Waals surface area contributed by atoms with Crippen molar-refractivity contribution in [3.8, 4) is 11.4 Å². The summed E-state index contributed by atoms with van der Waals surface area (Å²) in [6.45, 7) is 6.69. The van der Waals surface area contributed by atoms with Crippen LogP contribution in [0.2, 0.25) is 0 Å². The lowest BCUT2D eigenvalue weighted by molar-refractivity contribution is 0.100. The molecule has 8 heteroatoms. The number of nitrogens with two attached hydrogens (primary N) is 1. The lowest BCUT2D eigenvalue weighted by atomic mass is 10.2. The van der Waals surface area contributed by atoms with Crippen LogP contribution >= 0.6 is 0 Å². The highest BCUT2D eigenvalue weighted by atomic mass is 16.1. The van der Waals surface area contributed by atoms with Crippen LogP contribution in [0.4, 0.5) is 5.82 Å². The number of amides is 1. The van der Waals surface area contributed by atoms with Gasteiger partial charge in [0.25, 0.3) is 5.91 Å². The van der Waals surface area contributed by atoms with Crippen molar-refractivity contribution in [1.29, 1.82) is 0 Å². The number of imidazole rings is 1. The molecule has 3 aromatic rings. The first kappa shape index (κ1) is 20.3. The van der Waals surface area contributed by atoms with E-state index in [1.54, 1.807) is 18.3 Å². The van der Waals surface area contributed by atoms with Gasteiger partial charge in [-0.15, -0.1) is 0 Å². The molecule has 1 amide bonds. The van der Waals surface area contributed by atoms with Crippen LogP contribution in [0.15, 0.2) is 36.5 Å². The maximum atomic E-state index is 11.6. The van der Waals surface area contributed by atoms with Crippen molar-refractivity contribution < 1.29 is 4.79 Å². The fourth-order valence-corrected chi connectivity index (χ4v) is 3.85. The van der Waals surface area contributed by atoms with Crippen molar-refractivity contribution in [1.82, 2.24) is 24.8 Å². The summed E-state index contributed by atoms with van der Waals surface area (Å²) in [5, 5.41) is 3.40. The number of aromatic nitrogens is 3. The van der Waals surface area contributed by atoms with Crippen LogP contribution in [0.3, 0.4) is 0 Å². The minimum absolute atomic E-state index is 0.414. The van der Waals surface area contributed by atoms with Crippen LogP contribution in [0, 0.1) is 0 Å². The number of rotatable bonds is 7. The van der Waals surface area contributed by atoms with Gasteiger partial charge in [-0.25, -0.2) is 9.97 Å². The molecule has 8 nitrogen and oxygen atoms in total. The Morgan fingerprint density at radius 1 is 1.20 bits per heavy atom. The van der Waals surface area contributed by atoms with Crippen LogP contribution < -0.4 is 11.1 Å². The molecule has 2 aromatic heterocycles. The number of anilines is 1. The first-order valence-corrected chi connectivity index (χ1v) is 10.5. The summed E-state index contributed by atoms with van der Waals surface area (Å²) in [6.07, 6.45) is 4.12. The number of H-pyrrole nitrogens is 1. The summed E-state index contributed by atoms with van der Waals surface area (Å²) in [7, 11) is 2.20. The van der Waals surface area contributed by atoms with E-state index in [1.165, 1.54) is 19.5 Å². The van der Waals surface area contributed by atoms with Crippen LogP contribution in [-0.2, 0) is 0 Å². The Hall–Kier alpha value is -2.97. The standard InChI is InChI=1S/C22H29N7O/c1-28-10-4-12-29(14-13-28)11-3-9-24-19-8-7-16(15-25-19)22-26-18-6-2-5-17(21(23)30)20(18)27-22/h2,5-8,15H,3-4,9-14H2,1H3,(H2,23,30)(H,24,25)(H,26,27). The number of nitrogens with one attached hydrogen (secondary N) is 2. The van der Waals surface area contributed by atoms with Gasteiger partial charge in [-0.2, -0.15) is 0 Å². The van der Waals surface area contributed by atoms with Crippen molar-refractivity contribution in [3.63, 3.8) is 0 Å². The molecule has 0 atom stereocenters. The van der Waals surface area contributed by atoms with Gasteiger partial charge in [-0.1, -0.05) is 6.07 Å². The van der Waals surface area contributed by atoms with Crippen molar-refractivity contribution in [3.05, 3.63) is 42.1 Å². The second-order valence-electron chi connectivity index (χ2n) is 7.86. The number of primary amides is 1. The fraction of sp³-hybridized carbons (Fsp3) is 0.409. The minimum atomic E-state index is -0.483. The summed E-state index contributed by atoms with van der Waals surface area (Å²) in [6, 6.07) is 9.29. The highest BCUT2D eigenvalue weighted by molar-refractivity contribution is 6.04. The molecule has 4 rings (SSSR count). The van der Waals surface area contributed by atoms with Gasteiger partial charge >= 0.3 is 0 Å². The molecule has 0 bridgehead atoms. The molecular formula is C22H29N7O. The molecule has 1 fully saturated rings. The average Bonchev–Trinajstić information content (AvgIpc) is 3.08. The number of benzene rings is 1. The van der Waals surface area contributed by atoms with Crippen molar-refractivity contribution >= 4 is 22.8 Å². The number of pyridine rings is 1. The number of hydrogen-bond donors (Lipinski definition) is 3. The Labute approximate surface area is 176 Å². The SMILES string of the molecule is CN1CCCN(CCCNc2ccc(-c3nc4c(C(N)=O)cccc4[nH]3)cn2)CC1. The number of aromatic amines is 1. The molecule has 0 saturated carbocycles. The van der Waals surface area contributed by atoms with Gasteiger partial charge in [0.15, 0.2) is 0 Å². The topological polar surface area (TPSA) is 103 Å². The molecule has 1 saturated heterocycles. The number of likely N-dealkylation sites (N-methyl/N-ethyl adjacent to an activating group) is 1. The van der Waals surface area contributed by atoms with Gasteiger partial charge in [-0.3, -0.25) is 4.79 Å². The zero-order chi connectivity index (χ0) is 20.9. The zero-order valence-corrected chi connectivity index (χ0v) is 17.4. The predicted octanol–water partition coefficient (Wildman–Crippen LogP) is 2.16. The molecule has 0 radical (unpaired) electrons. The Morgan fingerprint density at radius 3 is 2.90 bits per heavy atom. The second kappa shape index (κ2) is 9.23. The quantitative estimate of drug-likeness (QED) is 0.519. The molecule has 0 unspecified atom stereocenters. The van der Waals surface area contributed by atoms with Crippen LogP contribution in [0.25, 0.3) is 22.4 Å². The van der Waals surface area contributed by atoms with Gasteiger partial charge in [0.2, 0.25) is 0 Å². The zero-order valence-electron chi connectivity index (χ0n) is 17.4. The molecular weight excluding hydrogens is 378 g/mol. The van der Waals surface area contributed by atoms with Gasteiger partial charge < -0.3 is 25.8 Å². The van der Waals surface area contributed by atoms with Crippen LogP contribution in [-0.4, -0.2) is 77.0 Å². The molecule has 1 aliphatic heterocycles.